The number of allylic oxidation sites excluding steroid dienone is 2. The van der Waals surface area contributed by atoms with Crippen LogP contribution in [-0.4, -0.2) is 17.1 Å². The highest BCUT2D eigenvalue weighted by atomic mass is 16.5. The van der Waals surface area contributed by atoms with Gasteiger partial charge in [-0.05, 0) is 37.3 Å². The van der Waals surface area contributed by atoms with Gasteiger partial charge in [0.1, 0.15) is 0 Å². The van der Waals surface area contributed by atoms with E-state index >= 15 is 0 Å². The summed E-state index contributed by atoms with van der Waals surface area (Å²) in [5.41, 5.74) is 1.24. The summed E-state index contributed by atoms with van der Waals surface area (Å²) >= 11 is 0. The Bertz CT molecular complexity index is 740. The maximum absolute atomic E-state index is 11.8. The maximum Gasteiger partial charge on any atom is 0.419 e. The Morgan fingerprint density at radius 2 is 2.18 bits per heavy atom. The zero-order valence-electron chi connectivity index (χ0n) is 12.4. The molecule has 5 nitrogen and oxygen atoms in total. The van der Waals surface area contributed by atoms with Gasteiger partial charge in [0.2, 0.25) is 0 Å². The molecule has 0 spiro atoms. The molecule has 1 aliphatic carbocycles. The van der Waals surface area contributed by atoms with Gasteiger partial charge in [-0.2, -0.15) is 0 Å². The first-order valence-electron chi connectivity index (χ1n) is 7.63. The smallest absolute Gasteiger partial charge is 0.419 e. The van der Waals surface area contributed by atoms with Gasteiger partial charge < -0.3 is 9.15 Å². The Labute approximate surface area is 128 Å². The molecule has 0 radical (unpaired) electrons. The molecule has 22 heavy (non-hydrogen) atoms. The fourth-order valence-electron chi connectivity index (χ4n) is 2.72. The normalized spacial score (nSPS) is 17.7. The van der Waals surface area contributed by atoms with Crippen molar-refractivity contribution in [2.45, 2.75) is 32.2 Å². The molecular formula is C17H19NO4. The van der Waals surface area contributed by atoms with Crippen molar-refractivity contribution in [2.75, 3.05) is 6.61 Å². The minimum Gasteiger partial charge on any atom is -0.465 e. The number of esters is 1. The standard InChI is InChI=1S/C17H19NO4/c19-16(21-12-13-6-2-1-3-7-13)10-11-18-14-8-4-5-9-15(14)22-17(18)20/h1-2,4-5,8-9,13H,3,6-7,10-12H2. The van der Waals surface area contributed by atoms with Crippen LogP contribution < -0.4 is 5.76 Å². The number of aryl methyl sites for hydroxylation is 1. The lowest BCUT2D eigenvalue weighted by atomic mass is 9.95. The largest absolute Gasteiger partial charge is 0.465 e. The van der Waals surface area contributed by atoms with Crippen molar-refractivity contribution in [3.63, 3.8) is 0 Å². The lowest BCUT2D eigenvalue weighted by Crippen LogP contribution is -2.19. The van der Waals surface area contributed by atoms with E-state index in [4.69, 9.17) is 9.15 Å². The first-order valence-corrected chi connectivity index (χ1v) is 7.63. The van der Waals surface area contributed by atoms with Gasteiger partial charge in [-0.15, -0.1) is 0 Å². The molecule has 1 unspecified atom stereocenters. The number of aromatic nitrogens is 1. The van der Waals surface area contributed by atoms with Gasteiger partial charge in [0.05, 0.1) is 18.5 Å². The van der Waals surface area contributed by atoms with E-state index in [0.717, 1.165) is 19.3 Å². The quantitative estimate of drug-likeness (QED) is 0.629. The number of ether oxygens (including phenoxy) is 1. The molecule has 0 saturated carbocycles. The molecule has 0 N–H and O–H groups in total. The van der Waals surface area contributed by atoms with E-state index in [-0.39, 0.29) is 18.9 Å². The summed E-state index contributed by atoms with van der Waals surface area (Å²) < 4.78 is 11.9. The monoisotopic (exact) mass is 301 g/mol. The maximum atomic E-state index is 11.8. The Hall–Kier alpha value is -2.30. The number of rotatable bonds is 5. The number of nitrogens with zero attached hydrogens (tertiary/aromatic N) is 1. The van der Waals surface area contributed by atoms with E-state index in [0.29, 0.717) is 23.6 Å². The molecule has 1 aliphatic rings. The average molecular weight is 301 g/mol. The van der Waals surface area contributed by atoms with E-state index in [2.05, 4.69) is 12.2 Å². The average Bonchev–Trinajstić information content (AvgIpc) is 2.87. The van der Waals surface area contributed by atoms with Crippen molar-refractivity contribution in [1.29, 1.82) is 0 Å². The fourth-order valence-corrected chi connectivity index (χ4v) is 2.72. The molecule has 3 rings (SSSR count). The van der Waals surface area contributed by atoms with Crippen LogP contribution in [0.4, 0.5) is 0 Å². The minimum atomic E-state index is -0.439. The number of fused-ring (bicyclic) bond motifs is 1. The van der Waals surface area contributed by atoms with Gasteiger partial charge in [0.25, 0.3) is 0 Å². The summed E-state index contributed by atoms with van der Waals surface area (Å²) in [6.07, 6.45) is 7.56. The highest BCUT2D eigenvalue weighted by Crippen LogP contribution is 2.18. The number of carbonyl (C=O) groups is 1. The third-order valence-electron chi connectivity index (χ3n) is 3.97. The van der Waals surface area contributed by atoms with Crippen LogP contribution in [0.15, 0.2) is 45.6 Å². The lowest BCUT2D eigenvalue weighted by Gasteiger charge is -2.17. The van der Waals surface area contributed by atoms with Crippen molar-refractivity contribution in [3.05, 3.63) is 47.0 Å². The third kappa shape index (κ3) is 3.30. The van der Waals surface area contributed by atoms with Crippen LogP contribution in [-0.2, 0) is 16.1 Å². The summed E-state index contributed by atoms with van der Waals surface area (Å²) in [4.78, 5) is 23.6. The van der Waals surface area contributed by atoms with Crippen LogP contribution in [0.2, 0.25) is 0 Å². The number of hydrogen-bond acceptors (Lipinski definition) is 4. The summed E-state index contributed by atoms with van der Waals surface area (Å²) in [5.74, 6) is -0.287. The van der Waals surface area contributed by atoms with Crippen LogP contribution >= 0.6 is 0 Å². The Kier molecular flexibility index (Phi) is 4.42. The van der Waals surface area contributed by atoms with E-state index in [1.165, 1.54) is 4.57 Å². The van der Waals surface area contributed by atoms with Crippen LogP contribution in [0.3, 0.4) is 0 Å². The fraction of sp³-hybridized carbons (Fsp3) is 0.412. The molecule has 1 atom stereocenters. The molecule has 0 saturated heterocycles. The van der Waals surface area contributed by atoms with Crippen LogP contribution in [0.5, 0.6) is 0 Å². The molecule has 0 amide bonds. The summed E-state index contributed by atoms with van der Waals surface area (Å²) in [7, 11) is 0. The topological polar surface area (TPSA) is 61.4 Å². The first kappa shape index (κ1) is 14.6. The lowest BCUT2D eigenvalue weighted by molar-refractivity contribution is -0.145. The molecule has 116 valence electrons. The number of para-hydroxylation sites is 2. The molecule has 1 heterocycles. The molecule has 0 aliphatic heterocycles. The van der Waals surface area contributed by atoms with Crippen molar-refractivity contribution in [3.8, 4) is 0 Å². The third-order valence-corrected chi connectivity index (χ3v) is 3.97. The Morgan fingerprint density at radius 3 is 3.00 bits per heavy atom. The van der Waals surface area contributed by atoms with E-state index in [9.17, 15) is 9.59 Å². The molecule has 0 fully saturated rings. The molecule has 0 bridgehead atoms. The van der Waals surface area contributed by atoms with Crippen molar-refractivity contribution in [2.24, 2.45) is 5.92 Å². The second-order valence-corrected chi connectivity index (χ2v) is 5.57. The van der Waals surface area contributed by atoms with Crippen LogP contribution in [0.1, 0.15) is 25.7 Å². The van der Waals surface area contributed by atoms with Crippen molar-refractivity contribution >= 4 is 17.1 Å². The molecule has 5 heteroatoms. The molecule has 2 aromatic rings. The van der Waals surface area contributed by atoms with Gasteiger partial charge in [-0.25, -0.2) is 4.79 Å². The molecule has 1 aromatic heterocycles. The van der Waals surface area contributed by atoms with E-state index in [1.807, 2.05) is 12.1 Å². The summed E-state index contributed by atoms with van der Waals surface area (Å²) in [6, 6.07) is 7.19. The second kappa shape index (κ2) is 6.64. The van der Waals surface area contributed by atoms with E-state index < -0.39 is 5.76 Å². The zero-order valence-corrected chi connectivity index (χ0v) is 12.4. The minimum absolute atomic E-state index is 0.173. The van der Waals surface area contributed by atoms with Gasteiger partial charge in [0, 0.05) is 6.54 Å². The first-order chi connectivity index (χ1) is 10.7. The van der Waals surface area contributed by atoms with Gasteiger partial charge >= 0.3 is 11.7 Å². The predicted octanol–water partition coefficient (Wildman–Crippen LogP) is 2.88. The predicted molar refractivity (Wildman–Crippen MR) is 82.5 cm³/mol. The molecule has 1 aromatic carbocycles. The SMILES string of the molecule is O=C(CCn1c(=O)oc2ccccc21)OCC1CC=CCC1. The Balaban J connectivity index is 1.55. The number of benzene rings is 1. The zero-order chi connectivity index (χ0) is 15.4. The van der Waals surface area contributed by atoms with Gasteiger partial charge in [-0.1, -0.05) is 24.3 Å². The number of oxazole rings is 1. The summed E-state index contributed by atoms with van der Waals surface area (Å²) in [5, 5.41) is 0. The number of carbonyl (C=O) groups excluding carboxylic acids is 1. The molecular weight excluding hydrogens is 282 g/mol. The Morgan fingerprint density at radius 1 is 1.32 bits per heavy atom. The summed E-state index contributed by atoms with van der Waals surface area (Å²) in [6.45, 7) is 0.740. The van der Waals surface area contributed by atoms with Crippen molar-refractivity contribution < 1.29 is 13.9 Å². The van der Waals surface area contributed by atoms with Gasteiger partial charge in [-0.3, -0.25) is 9.36 Å². The van der Waals surface area contributed by atoms with Crippen LogP contribution in [0, 0.1) is 5.92 Å². The second-order valence-electron chi connectivity index (χ2n) is 5.57. The highest BCUT2D eigenvalue weighted by molar-refractivity contribution is 5.73. The van der Waals surface area contributed by atoms with E-state index in [1.54, 1.807) is 12.1 Å². The number of hydrogen-bond donors (Lipinski definition) is 0. The highest BCUT2D eigenvalue weighted by Gasteiger charge is 2.14. The van der Waals surface area contributed by atoms with Gasteiger partial charge in [0.15, 0.2) is 5.58 Å². The van der Waals surface area contributed by atoms with Crippen LogP contribution in [0.25, 0.3) is 11.1 Å². The van der Waals surface area contributed by atoms with Crippen molar-refractivity contribution in [1.82, 2.24) is 4.57 Å².